The second-order valence-corrected chi connectivity index (χ2v) is 6.19. The van der Waals surface area contributed by atoms with Gasteiger partial charge in [-0.25, -0.2) is 0 Å². The van der Waals surface area contributed by atoms with Crippen molar-refractivity contribution in [3.8, 4) is 0 Å². The molecular weight excluding hydrogens is 266 g/mol. The Morgan fingerprint density at radius 1 is 1.22 bits per heavy atom. The highest BCUT2D eigenvalue weighted by Gasteiger charge is 2.14. The number of ketones is 1. The van der Waals surface area contributed by atoms with E-state index in [4.69, 9.17) is 11.6 Å². The zero-order chi connectivity index (χ0) is 12.5. The van der Waals surface area contributed by atoms with Crippen molar-refractivity contribution in [2.45, 2.75) is 19.5 Å². The maximum Gasteiger partial charge on any atom is 0.168 e. The van der Waals surface area contributed by atoms with Crippen molar-refractivity contribution in [3.05, 3.63) is 56.2 Å². The third kappa shape index (κ3) is 2.34. The standard InChI is InChI=1S/C14H12ClNOS/c15-14-4-3-12(18-14)6-13(17)9-1-2-10-7-16-8-11(10)5-9/h1-5,16H,6-8H2. The number of hydrogen-bond acceptors (Lipinski definition) is 3. The van der Waals surface area contributed by atoms with E-state index in [0.29, 0.717) is 6.42 Å². The lowest BCUT2D eigenvalue weighted by molar-refractivity contribution is 0.0993. The third-order valence-corrected chi connectivity index (χ3v) is 4.35. The molecule has 0 bridgehead atoms. The van der Waals surface area contributed by atoms with E-state index in [1.807, 2.05) is 30.3 Å². The molecule has 1 aromatic heterocycles. The first-order valence-electron chi connectivity index (χ1n) is 5.82. The van der Waals surface area contributed by atoms with E-state index in [1.54, 1.807) is 0 Å². The van der Waals surface area contributed by atoms with Crippen molar-refractivity contribution in [3.63, 3.8) is 0 Å². The van der Waals surface area contributed by atoms with Gasteiger partial charge in [0, 0.05) is 30.0 Å². The summed E-state index contributed by atoms with van der Waals surface area (Å²) in [5, 5.41) is 3.28. The monoisotopic (exact) mass is 277 g/mol. The van der Waals surface area contributed by atoms with Crippen LogP contribution in [0.2, 0.25) is 4.34 Å². The zero-order valence-corrected chi connectivity index (χ0v) is 11.3. The molecule has 0 fully saturated rings. The molecule has 0 radical (unpaired) electrons. The largest absolute Gasteiger partial charge is 0.309 e. The van der Waals surface area contributed by atoms with Crippen LogP contribution in [0.3, 0.4) is 0 Å². The summed E-state index contributed by atoms with van der Waals surface area (Å²) >= 11 is 7.33. The Labute approximate surface area is 115 Å². The van der Waals surface area contributed by atoms with Gasteiger partial charge in [0.05, 0.1) is 4.34 Å². The molecule has 0 amide bonds. The molecule has 3 rings (SSSR count). The fraction of sp³-hybridized carbons (Fsp3) is 0.214. The molecule has 0 unspecified atom stereocenters. The maximum absolute atomic E-state index is 12.2. The normalized spacial score (nSPS) is 13.6. The van der Waals surface area contributed by atoms with E-state index in [1.165, 1.54) is 22.5 Å². The fourth-order valence-corrected chi connectivity index (χ4v) is 3.26. The van der Waals surface area contributed by atoms with Crippen molar-refractivity contribution >= 4 is 28.7 Å². The summed E-state index contributed by atoms with van der Waals surface area (Å²) in [6, 6.07) is 9.72. The van der Waals surface area contributed by atoms with Gasteiger partial charge in [0.1, 0.15) is 0 Å². The molecule has 0 saturated heterocycles. The summed E-state index contributed by atoms with van der Waals surface area (Å²) in [7, 11) is 0. The highest BCUT2D eigenvalue weighted by Crippen LogP contribution is 2.23. The summed E-state index contributed by atoms with van der Waals surface area (Å²) in [6.07, 6.45) is 0.434. The van der Waals surface area contributed by atoms with Crippen LogP contribution in [0.4, 0.5) is 0 Å². The summed E-state index contributed by atoms with van der Waals surface area (Å²) in [4.78, 5) is 13.2. The first-order valence-corrected chi connectivity index (χ1v) is 7.02. The van der Waals surface area contributed by atoms with E-state index in [-0.39, 0.29) is 5.78 Å². The average molecular weight is 278 g/mol. The third-order valence-electron chi connectivity index (χ3n) is 3.12. The minimum Gasteiger partial charge on any atom is -0.309 e. The van der Waals surface area contributed by atoms with Crippen LogP contribution in [0.5, 0.6) is 0 Å². The number of fused-ring (bicyclic) bond motifs is 1. The van der Waals surface area contributed by atoms with Crippen LogP contribution in [0, 0.1) is 0 Å². The highest BCUT2D eigenvalue weighted by atomic mass is 35.5. The molecule has 4 heteroatoms. The predicted octanol–water partition coefficient (Wildman–Crippen LogP) is 3.43. The quantitative estimate of drug-likeness (QED) is 0.871. The summed E-state index contributed by atoms with van der Waals surface area (Å²) in [5.41, 5.74) is 3.33. The SMILES string of the molecule is O=C(Cc1ccc(Cl)s1)c1ccc2c(c1)CNC2. The Bertz CT molecular complexity index is 606. The number of benzene rings is 1. The molecule has 0 spiro atoms. The van der Waals surface area contributed by atoms with E-state index < -0.39 is 0 Å². The average Bonchev–Trinajstić information content (AvgIpc) is 2.96. The fourth-order valence-electron chi connectivity index (χ4n) is 2.18. The molecule has 0 saturated carbocycles. The second-order valence-electron chi connectivity index (χ2n) is 4.39. The van der Waals surface area contributed by atoms with Gasteiger partial charge < -0.3 is 5.32 Å². The number of halogens is 1. The molecule has 1 N–H and O–H groups in total. The molecule has 92 valence electrons. The van der Waals surface area contributed by atoms with Crippen LogP contribution in [0.25, 0.3) is 0 Å². The van der Waals surface area contributed by atoms with Gasteiger partial charge in [-0.2, -0.15) is 0 Å². The molecule has 2 nitrogen and oxygen atoms in total. The van der Waals surface area contributed by atoms with Crippen LogP contribution in [0.1, 0.15) is 26.4 Å². The molecule has 1 aromatic carbocycles. The molecule has 2 heterocycles. The number of nitrogens with one attached hydrogen (secondary N) is 1. The highest BCUT2D eigenvalue weighted by molar-refractivity contribution is 7.16. The number of hydrogen-bond donors (Lipinski definition) is 1. The van der Waals surface area contributed by atoms with Crippen molar-refractivity contribution in [2.24, 2.45) is 0 Å². The van der Waals surface area contributed by atoms with E-state index in [9.17, 15) is 4.79 Å². The zero-order valence-electron chi connectivity index (χ0n) is 9.70. The molecule has 1 aliphatic rings. The second kappa shape index (κ2) is 4.84. The maximum atomic E-state index is 12.2. The van der Waals surface area contributed by atoms with Gasteiger partial charge in [0.15, 0.2) is 5.78 Å². The summed E-state index contributed by atoms with van der Waals surface area (Å²) in [6.45, 7) is 1.77. The van der Waals surface area contributed by atoms with Gasteiger partial charge in [-0.15, -0.1) is 11.3 Å². The number of Topliss-reactive ketones (excluding diaryl/α,β-unsaturated/α-hetero) is 1. The van der Waals surface area contributed by atoms with E-state index in [0.717, 1.165) is 27.9 Å². The Hall–Kier alpha value is -1.16. The van der Waals surface area contributed by atoms with Crippen LogP contribution in [-0.4, -0.2) is 5.78 Å². The lowest BCUT2D eigenvalue weighted by Gasteiger charge is -2.02. The van der Waals surface area contributed by atoms with Gasteiger partial charge in [-0.1, -0.05) is 23.7 Å². The molecule has 2 aromatic rings. The van der Waals surface area contributed by atoms with E-state index >= 15 is 0 Å². The van der Waals surface area contributed by atoms with Gasteiger partial charge in [-0.3, -0.25) is 4.79 Å². The number of thiophene rings is 1. The molecule has 1 aliphatic heterocycles. The van der Waals surface area contributed by atoms with Crippen LogP contribution in [-0.2, 0) is 19.5 Å². The number of carbonyl (C=O) groups is 1. The van der Waals surface area contributed by atoms with Crippen molar-refractivity contribution in [1.29, 1.82) is 0 Å². The lowest BCUT2D eigenvalue weighted by Crippen LogP contribution is -2.03. The van der Waals surface area contributed by atoms with Crippen molar-refractivity contribution in [2.75, 3.05) is 0 Å². The minimum atomic E-state index is 0.156. The predicted molar refractivity (Wildman–Crippen MR) is 74.3 cm³/mol. The first kappa shape index (κ1) is 11.9. The number of carbonyl (C=O) groups excluding carboxylic acids is 1. The smallest absolute Gasteiger partial charge is 0.168 e. The molecular formula is C14H12ClNOS. The van der Waals surface area contributed by atoms with Gasteiger partial charge >= 0.3 is 0 Å². The van der Waals surface area contributed by atoms with Crippen molar-refractivity contribution in [1.82, 2.24) is 5.32 Å². The van der Waals surface area contributed by atoms with Gasteiger partial charge in [0.25, 0.3) is 0 Å². The Balaban J connectivity index is 1.80. The van der Waals surface area contributed by atoms with Gasteiger partial charge in [0.2, 0.25) is 0 Å². The molecule has 0 atom stereocenters. The summed E-state index contributed by atoms with van der Waals surface area (Å²) < 4.78 is 0.732. The van der Waals surface area contributed by atoms with Crippen LogP contribution in [0.15, 0.2) is 30.3 Å². The first-order chi connectivity index (χ1) is 8.72. The Morgan fingerprint density at radius 2 is 2.06 bits per heavy atom. The molecule has 0 aliphatic carbocycles. The van der Waals surface area contributed by atoms with Gasteiger partial charge in [-0.05, 0) is 29.3 Å². The minimum absolute atomic E-state index is 0.156. The lowest BCUT2D eigenvalue weighted by atomic mass is 10.0. The number of rotatable bonds is 3. The van der Waals surface area contributed by atoms with E-state index in [2.05, 4.69) is 5.32 Å². The summed E-state index contributed by atoms with van der Waals surface area (Å²) in [5.74, 6) is 0.156. The Kier molecular flexibility index (Phi) is 3.20. The van der Waals surface area contributed by atoms with Crippen LogP contribution < -0.4 is 5.32 Å². The Morgan fingerprint density at radius 3 is 2.83 bits per heavy atom. The topological polar surface area (TPSA) is 29.1 Å². The van der Waals surface area contributed by atoms with Crippen LogP contribution >= 0.6 is 22.9 Å². The molecule has 18 heavy (non-hydrogen) atoms. The van der Waals surface area contributed by atoms with Crippen molar-refractivity contribution < 1.29 is 4.79 Å².